The number of fused-ring (bicyclic) bond motifs is 1. The largest absolute Gasteiger partial charge is 0.481 e. The van der Waals surface area contributed by atoms with E-state index in [-0.39, 0.29) is 19.4 Å². The fourth-order valence-corrected chi connectivity index (χ4v) is 4.95. The number of tetrazole rings is 1. The maximum absolute atomic E-state index is 14.0. The Hall–Kier alpha value is -5.41. The van der Waals surface area contributed by atoms with Crippen molar-refractivity contribution in [1.82, 2.24) is 41.6 Å². The van der Waals surface area contributed by atoms with Gasteiger partial charge in [-0.1, -0.05) is 41.6 Å². The van der Waals surface area contributed by atoms with Crippen LogP contribution in [0.1, 0.15) is 48.3 Å². The summed E-state index contributed by atoms with van der Waals surface area (Å²) in [6.07, 6.45) is 2.48. The minimum Gasteiger partial charge on any atom is -0.481 e. The Labute approximate surface area is 245 Å². The Bertz CT molecular complexity index is 1490. The second-order valence-electron chi connectivity index (χ2n) is 9.93. The molecule has 2 heterocycles. The monoisotopic (exact) mass is 592 g/mol. The lowest BCUT2D eigenvalue weighted by molar-refractivity contribution is -0.144. The number of carboxylic acids is 1. The summed E-state index contributed by atoms with van der Waals surface area (Å²) in [5.41, 5.74) is 7.32. The molecule has 5 amide bonds. The summed E-state index contributed by atoms with van der Waals surface area (Å²) in [4.78, 5) is 64.6. The van der Waals surface area contributed by atoms with Crippen LogP contribution in [0.2, 0.25) is 0 Å². The summed E-state index contributed by atoms with van der Waals surface area (Å²) in [5.74, 6) is -2.39. The zero-order valence-corrected chi connectivity index (χ0v) is 23.1. The molecule has 1 fully saturated rings. The van der Waals surface area contributed by atoms with Gasteiger partial charge in [-0.15, -0.1) is 10.2 Å². The van der Waals surface area contributed by atoms with Crippen LogP contribution in [0.4, 0.5) is 4.79 Å². The lowest BCUT2D eigenvalue weighted by Crippen LogP contribution is -2.58. The molecular weight excluding hydrogens is 560 g/mol. The number of aromatic amines is 1. The second kappa shape index (κ2) is 14.5. The molecule has 7 N–H and O–H groups in total. The van der Waals surface area contributed by atoms with Crippen LogP contribution in [0.15, 0.2) is 47.6 Å². The average Bonchev–Trinajstić information content (AvgIpc) is 3.51. The Morgan fingerprint density at radius 2 is 1.91 bits per heavy atom. The summed E-state index contributed by atoms with van der Waals surface area (Å²) >= 11 is 0. The number of piperidine rings is 1. The van der Waals surface area contributed by atoms with E-state index in [2.05, 4.69) is 36.4 Å². The summed E-state index contributed by atoms with van der Waals surface area (Å²) in [7, 11) is 0. The SMILES string of the molecule is NC(=O)N/N=C/[C@H](CC(=O)O)NC(=O)[C@@H]1CCCCN1C(=O)[C@H](CCc1nn[nH]n1)NC(=O)c1cccc2ccccc12. The molecule has 16 heteroatoms. The Balaban J connectivity index is 1.55. The maximum Gasteiger partial charge on any atom is 0.332 e. The van der Waals surface area contributed by atoms with Gasteiger partial charge in [0.1, 0.15) is 12.1 Å². The van der Waals surface area contributed by atoms with E-state index >= 15 is 0 Å². The topological polar surface area (TPSA) is 238 Å². The number of carbonyl (C=O) groups excluding carboxylic acids is 4. The van der Waals surface area contributed by atoms with Crippen LogP contribution in [-0.2, 0) is 20.8 Å². The molecule has 0 saturated carbocycles. The van der Waals surface area contributed by atoms with Crippen molar-refractivity contribution in [3.05, 3.63) is 53.9 Å². The van der Waals surface area contributed by atoms with Crippen LogP contribution >= 0.6 is 0 Å². The average molecular weight is 593 g/mol. The Kier molecular flexibility index (Phi) is 10.3. The first-order valence-electron chi connectivity index (χ1n) is 13.6. The minimum absolute atomic E-state index is 0.132. The van der Waals surface area contributed by atoms with E-state index in [1.165, 1.54) is 4.90 Å². The molecule has 1 aliphatic rings. The Morgan fingerprint density at radius 3 is 2.65 bits per heavy atom. The summed E-state index contributed by atoms with van der Waals surface area (Å²) in [6, 6.07) is 8.69. The summed E-state index contributed by atoms with van der Waals surface area (Å²) in [6.45, 7) is 0.251. The summed E-state index contributed by atoms with van der Waals surface area (Å²) in [5, 5.41) is 33.6. The van der Waals surface area contributed by atoms with Crippen molar-refractivity contribution in [3.63, 3.8) is 0 Å². The minimum atomic E-state index is -1.22. The molecule has 0 spiro atoms. The number of carbonyl (C=O) groups is 5. The number of H-pyrrole nitrogens is 1. The van der Waals surface area contributed by atoms with Crippen LogP contribution in [0.5, 0.6) is 0 Å². The first kappa shape index (κ1) is 30.5. The van der Waals surface area contributed by atoms with Gasteiger partial charge in [-0.3, -0.25) is 19.2 Å². The summed E-state index contributed by atoms with van der Waals surface area (Å²) < 4.78 is 0. The highest BCUT2D eigenvalue weighted by molar-refractivity contribution is 6.08. The highest BCUT2D eigenvalue weighted by Crippen LogP contribution is 2.22. The lowest BCUT2D eigenvalue weighted by atomic mass is 9.98. The van der Waals surface area contributed by atoms with Gasteiger partial charge in [-0.25, -0.2) is 10.2 Å². The smallest absolute Gasteiger partial charge is 0.332 e. The number of amides is 5. The van der Waals surface area contributed by atoms with Gasteiger partial charge in [0.05, 0.1) is 12.5 Å². The number of aromatic nitrogens is 4. The quantitative estimate of drug-likeness (QED) is 0.123. The van der Waals surface area contributed by atoms with Gasteiger partial charge in [0.15, 0.2) is 5.82 Å². The molecule has 1 saturated heterocycles. The van der Waals surface area contributed by atoms with Gasteiger partial charge >= 0.3 is 12.0 Å². The third-order valence-electron chi connectivity index (χ3n) is 6.92. The molecule has 0 unspecified atom stereocenters. The van der Waals surface area contributed by atoms with Gasteiger partial charge in [0.2, 0.25) is 11.8 Å². The van der Waals surface area contributed by atoms with Crippen molar-refractivity contribution in [2.45, 2.75) is 56.7 Å². The fourth-order valence-electron chi connectivity index (χ4n) is 4.95. The first-order chi connectivity index (χ1) is 20.7. The number of likely N-dealkylation sites (tertiary alicyclic amines) is 1. The number of benzene rings is 2. The zero-order valence-electron chi connectivity index (χ0n) is 23.1. The molecular formula is C27H32N10O6. The molecule has 0 aliphatic carbocycles. The van der Waals surface area contributed by atoms with Crippen LogP contribution < -0.4 is 21.8 Å². The van der Waals surface area contributed by atoms with Gasteiger partial charge in [-0.2, -0.15) is 10.3 Å². The second-order valence-corrected chi connectivity index (χ2v) is 9.93. The first-order valence-corrected chi connectivity index (χ1v) is 13.6. The normalized spacial score (nSPS) is 16.4. The number of aliphatic carboxylic acids is 1. The van der Waals surface area contributed by atoms with Crippen molar-refractivity contribution in [2.24, 2.45) is 10.8 Å². The molecule has 3 atom stereocenters. The van der Waals surface area contributed by atoms with E-state index in [4.69, 9.17) is 5.73 Å². The fraction of sp³-hybridized carbons (Fsp3) is 0.370. The van der Waals surface area contributed by atoms with Crippen molar-refractivity contribution >= 4 is 46.7 Å². The van der Waals surface area contributed by atoms with Gasteiger partial charge in [-0.05, 0) is 42.5 Å². The third kappa shape index (κ3) is 8.31. The van der Waals surface area contributed by atoms with Gasteiger partial charge in [0.25, 0.3) is 5.91 Å². The number of carboxylic acid groups (broad SMARTS) is 1. The number of rotatable bonds is 12. The van der Waals surface area contributed by atoms with Crippen LogP contribution in [0.25, 0.3) is 10.8 Å². The maximum atomic E-state index is 14.0. The molecule has 226 valence electrons. The molecule has 4 rings (SSSR count). The van der Waals surface area contributed by atoms with E-state index in [9.17, 15) is 29.1 Å². The van der Waals surface area contributed by atoms with Crippen molar-refractivity contribution in [1.29, 1.82) is 0 Å². The van der Waals surface area contributed by atoms with E-state index in [1.54, 1.807) is 12.1 Å². The lowest BCUT2D eigenvalue weighted by Gasteiger charge is -2.37. The van der Waals surface area contributed by atoms with Gasteiger partial charge < -0.3 is 26.4 Å². The van der Waals surface area contributed by atoms with Crippen LogP contribution in [0.3, 0.4) is 0 Å². The number of hydrogen-bond acceptors (Lipinski definition) is 9. The number of nitrogens with zero attached hydrogens (tertiary/aromatic N) is 5. The number of hydrogen-bond donors (Lipinski definition) is 6. The van der Waals surface area contributed by atoms with E-state index in [1.807, 2.05) is 35.8 Å². The van der Waals surface area contributed by atoms with Crippen LogP contribution in [-0.4, -0.2) is 91.2 Å². The van der Waals surface area contributed by atoms with Crippen molar-refractivity contribution < 1.29 is 29.1 Å². The van der Waals surface area contributed by atoms with E-state index in [0.717, 1.165) is 17.0 Å². The number of urea groups is 1. The standard InChI is InChI=1S/C27H32N10O6/c28-27(43)34-29-15-17(14-23(38)39)30-25(41)21-10-3-4-13-37(21)26(42)20(11-12-22-32-35-36-33-22)31-24(40)19-9-5-7-16-6-1-2-8-18(16)19/h1-2,5-9,15,17,20-21H,3-4,10-14H2,(H,30,41)(H,31,40)(H,38,39)(H3,28,34,43)(H,32,33,35,36)/b29-15+/t17-,20-,21-/m0/s1. The highest BCUT2D eigenvalue weighted by atomic mass is 16.4. The van der Waals surface area contributed by atoms with E-state index < -0.39 is 54.3 Å². The molecule has 0 bridgehead atoms. The predicted molar refractivity (Wildman–Crippen MR) is 152 cm³/mol. The molecule has 1 aliphatic heterocycles. The highest BCUT2D eigenvalue weighted by Gasteiger charge is 2.37. The molecule has 43 heavy (non-hydrogen) atoms. The van der Waals surface area contributed by atoms with Crippen LogP contribution in [0, 0.1) is 0 Å². The van der Waals surface area contributed by atoms with Crippen molar-refractivity contribution in [3.8, 4) is 0 Å². The number of aryl methyl sites for hydroxylation is 1. The molecule has 3 aromatic rings. The Morgan fingerprint density at radius 1 is 1.12 bits per heavy atom. The number of hydrazone groups is 1. The number of nitrogens with two attached hydrogens (primary N) is 1. The van der Waals surface area contributed by atoms with Crippen molar-refractivity contribution in [2.75, 3.05) is 6.54 Å². The number of nitrogens with one attached hydrogen (secondary N) is 4. The van der Waals surface area contributed by atoms with Gasteiger partial charge in [0, 0.05) is 24.7 Å². The zero-order chi connectivity index (χ0) is 30.8. The predicted octanol–water partition coefficient (Wildman–Crippen LogP) is 0.0788. The third-order valence-corrected chi connectivity index (χ3v) is 6.92. The number of primary amides is 1. The molecule has 1 aromatic heterocycles. The molecule has 2 aromatic carbocycles. The molecule has 0 radical (unpaired) electrons. The van der Waals surface area contributed by atoms with E-state index in [0.29, 0.717) is 30.7 Å². The molecule has 16 nitrogen and oxygen atoms in total.